The molecule has 0 aliphatic heterocycles. The Morgan fingerprint density at radius 3 is 2.56 bits per heavy atom. The number of aromatic carboxylic acids is 1. The minimum atomic E-state index is -1.03. The fourth-order valence-electron chi connectivity index (χ4n) is 1.46. The quantitative estimate of drug-likeness (QED) is 0.282. The van der Waals surface area contributed by atoms with Crippen molar-refractivity contribution in [3.8, 4) is 0 Å². The zero-order valence-electron chi connectivity index (χ0n) is 10.1. The van der Waals surface area contributed by atoms with Gasteiger partial charge in [0.25, 0.3) is 0 Å². The summed E-state index contributed by atoms with van der Waals surface area (Å²) in [6, 6.07) is 6.49. The smallest absolute Gasteiger partial charge is 0.352 e. The van der Waals surface area contributed by atoms with E-state index in [1.54, 1.807) is 18.2 Å². The normalized spacial score (nSPS) is 10.9. The summed E-state index contributed by atoms with van der Waals surface area (Å²) < 4.78 is 0. The highest BCUT2D eigenvalue weighted by Gasteiger charge is 2.08. The van der Waals surface area contributed by atoms with Gasteiger partial charge < -0.3 is 21.0 Å². The second kappa shape index (κ2) is 5.72. The number of oxime groups is 1. The Labute approximate surface area is 104 Å². The summed E-state index contributed by atoms with van der Waals surface area (Å²) >= 11 is 0. The van der Waals surface area contributed by atoms with Crippen molar-refractivity contribution in [2.45, 2.75) is 13.8 Å². The molecule has 2 aromatic rings. The van der Waals surface area contributed by atoms with Gasteiger partial charge in [0.1, 0.15) is 5.69 Å². The Kier molecular flexibility index (Phi) is 4.31. The van der Waals surface area contributed by atoms with E-state index in [9.17, 15) is 4.79 Å². The number of nitrogens with zero attached hydrogens (tertiary/aromatic N) is 1. The molecule has 6 heteroatoms. The van der Waals surface area contributed by atoms with Crippen LogP contribution in [0, 0.1) is 0 Å². The molecule has 0 atom stereocenters. The Balaban J connectivity index is 0.000000771. The summed E-state index contributed by atoms with van der Waals surface area (Å²) in [7, 11) is 0. The number of carboxylic acid groups (broad SMARTS) is 1. The first-order valence-electron chi connectivity index (χ1n) is 5.46. The molecule has 96 valence electrons. The molecule has 1 heterocycles. The molecule has 1 aromatic heterocycles. The van der Waals surface area contributed by atoms with E-state index in [2.05, 4.69) is 10.1 Å². The molecular formula is C12H15N3O3. The molecule has 1 aromatic carbocycles. The number of nitrogens with one attached hydrogen (secondary N) is 1. The maximum Gasteiger partial charge on any atom is 0.352 e. The van der Waals surface area contributed by atoms with Crippen LogP contribution in [-0.2, 0) is 0 Å². The summed E-state index contributed by atoms with van der Waals surface area (Å²) in [4.78, 5) is 13.4. The Bertz CT molecular complexity index is 587. The molecule has 5 N–H and O–H groups in total. The highest BCUT2D eigenvalue weighted by Crippen LogP contribution is 2.17. The molecule has 0 radical (unpaired) electrons. The fourth-order valence-corrected chi connectivity index (χ4v) is 1.46. The first-order valence-corrected chi connectivity index (χ1v) is 5.46. The maximum atomic E-state index is 10.7. The summed E-state index contributed by atoms with van der Waals surface area (Å²) in [6.07, 6.45) is 0. The van der Waals surface area contributed by atoms with E-state index < -0.39 is 5.97 Å². The maximum absolute atomic E-state index is 10.7. The van der Waals surface area contributed by atoms with Crippen molar-refractivity contribution in [1.29, 1.82) is 0 Å². The van der Waals surface area contributed by atoms with Crippen LogP contribution in [0.15, 0.2) is 29.4 Å². The number of fused-ring (bicyclic) bond motifs is 1. The van der Waals surface area contributed by atoms with Crippen LogP contribution in [-0.4, -0.2) is 27.1 Å². The van der Waals surface area contributed by atoms with E-state index in [1.165, 1.54) is 6.07 Å². The number of nitrogens with two attached hydrogens (primary N) is 1. The van der Waals surface area contributed by atoms with Crippen LogP contribution < -0.4 is 5.73 Å². The van der Waals surface area contributed by atoms with Gasteiger partial charge in [-0.15, -0.1) is 0 Å². The van der Waals surface area contributed by atoms with E-state index in [-0.39, 0.29) is 11.5 Å². The summed E-state index contributed by atoms with van der Waals surface area (Å²) in [5.74, 6) is -1.05. The molecule has 0 amide bonds. The first kappa shape index (κ1) is 13.6. The average molecular weight is 249 g/mol. The number of aromatic amines is 1. The molecule has 0 aliphatic carbocycles. The lowest BCUT2D eigenvalue weighted by Crippen LogP contribution is -2.12. The SMILES string of the molecule is CC.N/C(=N/O)c1ccc2cc(C(=O)O)[nH]c2c1. The molecule has 0 bridgehead atoms. The van der Waals surface area contributed by atoms with Gasteiger partial charge in [-0.05, 0) is 12.1 Å². The largest absolute Gasteiger partial charge is 0.477 e. The van der Waals surface area contributed by atoms with Crippen molar-refractivity contribution in [3.05, 3.63) is 35.5 Å². The van der Waals surface area contributed by atoms with Gasteiger partial charge in [-0.3, -0.25) is 0 Å². The predicted molar refractivity (Wildman–Crippen MR) is 69.1 cm³/mol. The Morgan fingerprint density at radius 1 is 1.33 bits per heavy atom. The molecule has 0 unspecified atom stereocenters. The van der Waals surface area contributed by atoms with E-state index >= 15 is 0 Å². The summed E-state index contributed by atoms with van der Waals surface area (Å²) in [6.45, 7) is 4.00. The van der Waals surface area contributed by atoms with Crippen LogP contribution >= 0.6 is 0 Å². The minimum absolute atomic E-state index is 0.0200. The van der Waals surface area contributed by atoms with Gasteiger partial charge >= 0.3 is 5.97 Å². The van der Waals surface area contributed by atoms with E-state index in [1.807, 2.05) is 13.8 Å². The van der Waals surface area contributed by atoms with Crippen molar-refractivity contribution in [1.82, 2.24) is 4.98 Å². The lowest BCUT2D eigenvalue weighted by atomic mass is 10.1. The first-order chi connectivity index (χ1) is 8.61. The van der Waals surface area contributed by atoms with Crippen LogP contribution in [0.5, 0.6) is 0 Å². The number of H-pyrrole nitrogens is 1. The number of carbonyl (C=O) groups is 1. The van der Waals surface area contributed by atoms with E-state index in [4.69, 9.17) is 16.0 Å². The van der Waals surface area contributed by atoms with Gasteiger partial charge in [0.2, 0.25) is 0 Å². The molecule has 6 nitrogen and oxygen atoms in total. The third-order valence-electron chi connectivity index (χ3n) is 2.26. The topological polar surface area (TPSA) is 112 Å². The average Bonchev–Trinajstić information content (AvgIpc) is 2.83. The molecule has 0 saturated carbocycles. The highest BCUT2D eigenvalue weighted by molar-refractivity contribution is 6.01. The second-order valence-electron chi connectivity index (χ2n) is 3.28. The second-order valence-corrected chi connectivity index (χ2v) is 3.28. The van der Waals surface area contributed by atoms with Gasteiger partial charge in [0.05, 0.1) is 0 Å². The Morgan fingerprint density at radius 2 is 2.00 bits per heavy atom. The standard InChI is InChI=1S/C10H9N3O3.C2H6/c11-9(13-16)6-2-1-5-3-8(10(14)15)12-7(5)4-6;1-2/h1-4,12,16H,(H2,11,13)(H,14,15);1-2H3. The van der Waals surface area contributed by atoms with Crippen molar-refractivity contribution >= 4 is 22.7 Å². The number of amidine groups is 1. The van der Waals surface area contributed by atoms with Crippen LogP contribution in [0.3, 0.4) is 0 Å². The van der Waals surface area contributed by atoms with Crippen molar-refractivity contribution in [3.63, 3.8) is 0 Å². The molecule has 2 rings (SSSR count). The zero-order valence-corrected chi connectivity index (χ0v) is 10.1. The Hall–Kier alpha value is -2.50. The number of hydrogen-bond acceptors (Lipinski definition) is 3. The highest BCUT2D eigenvalue weighted by atomic mass is 16.4. The number of aromatic nitrogens is 1. The van der Waals surface area contributed by atoms with Crippen molar-refractivity contribution in [2.24, 2.45) is 10.9 Å². The lowest BCUT2D eigenvalue weighted by molar-refractivity contribution is 0.0691. The van der Waals surface area contributed by atoms with Crippen LogP contribution in [0.1, 0.15) is 29.9 Å². The van der Waals surface area contributed by atoms with Gasteiger partial charge in [-0.25, -0.2) is 4.79 Å². The van der Waals surface area contributed by atoms with Crippen LogP contribution in [0.2, 0.25) is 0 Å². The minimum Gasteiger partial charge on any atom is -0.477 e. The van der Waals surface area contributed by atoms with Gasteiger partial charge in [-0.1, -0.05) is 31.1 Å². The zero-order chi connectivity index (χ0) is 13.7. The van der Waals surface area contributed by atoms with Gasteiger partial charge in [-0.2, -0.15) is 0 Å². The van der Waals surface area contributed by atoms with E-state index in [0.29, 0.717) is 11.1 Å². The predicted octanol–water partition coefficient (Wildman–Crippen LogP) is 1.99. The third-order valence-corrected chi connectivity index (χ3v) is 2.26. The third kappa shape index (κ3) is 2.60. The van der Waals surface area contributed by atoms with Crippen molar-refractivity contribution < 1.29 is 15.1 Å². The molecule has 0 spiro atoms. The molecule has 18 heavy (non-hydrogen) atoms. The molecule has 0 aliphatic rings. The van der Waals surface area contributed by atoms with E-state index in [0.717, 1.165) is 5.39 Å². The fraction of sp³-hybridized carbons (Fsp3) is 0.167. The van der Waals surface area contributed by atoms with Crippen molar-refractivity contribution in [2.75, 3.05) is 0 Å². The summed E-state index contributed by atoms with van der Waals surface area (Å²) in [5.41, 5.74) is 6.67. The monoisotopic (exact) mass is 249 g/mol. The molecule has 0 saturated heterocycles. The molecule has 0 fully saturated rings. The number of rotatable bonds is 2. The number of hydrogen-bond donors (Lipinski definition) is 4. The lowest BCUT2D eigenvalue weighted by Gasteiger charge is -1.97. The molecular weight excluding hydrogens is 234 g/mol. The van der Waals surface area contributed by atoms with Gasteiger partial charge in [0.15, 0.2) is 5.84 Å². The number of benzene rings is 1. The van der Waals surface area contributed by atoms with Crippen LogP contribution in [0.25, 0.3) is 10.9 Å². The van der Waals surface area contributed by atoms with Crippen LogP contribution in [0.4, 0.5) is 0 Å². The number of carboxylic acids is 1. The van der Waals surface area contributed by atoms with Gasteiger partial charge in [0, 0.05) is 16.5 Å². The summed E-state index contributed by atoms with van der Waals surface area (Å²) in [5, 5.41) is 20.9.